The Balaban J connectivity index is 2.35. The Kier molecular flexibility index (Phi) is 3.79. The fraction of sp³-hybridized carbons (Fsp3) is 0.471. The maximum atomic E-state index is 4.41. The molecule has 2 heteroatoms. The van der Waals surface area contributed by atoms with Gasteiger partial charge in [0, 0.05) is 19.2 Å². The van der Waals surface area contributed by atoms with Gasteiger partial charge in [-0.25, -0.2) is 0 Å². The average Bonchev–Trinajstić information content (AvgIpc) is 2.55. The monoisotopic (exact) mass is 256 g/mol. The largest absolute Gasteiger partial charge is 0.272 e. The van der Waals surface area contributed by atoms with Crippen molar-refractivity contribution in [2.24, 2.45) is 7.05 Å². The van der Waals surface area contributed by atoms with Crippen LogP contribution in [0.5, 0.6) is 0 Å². The molecule has 0 fully saturated rings. The molecule has 0 spiro atoms. The molecule has 0 N–H and O–H groups in total. The van der Waals surface area contributed by atoms with Crippen molar-refractivity contribution in [3.63, 3.8) is 0 Å². The summed E-state index contributed by atoms with van der Waals surface area (Å²) in [6.07, 6.45) is 0.956. The summed E-state index contributed by atoms with van der Waals surface area (Å²) >= 11 is 0. The Labute approximate surface area is 116 Å². The van der Waals surface area contributed by atoms with Crippen LogP contribution < -0.4 is 0 Å². The van der Waals surface area contributed by atoms with Gasteiger partial charge in [-0.1, -0.05) is 26.0 Å². The van der Waals surface area contributed by atoms with Gasteiger partial charge in [-0.15, -0.1) is 0 Å². The molecule has 0 unspecified atom stereocenters. The number of aromatic nitrogens is 2. The van der Waals surface area contributed by atoms with Gasteiger partial charge < -0.3 is 0 Å². The Morgan fingerprint density at radius 3 is 2.05 bits per heavy atom. The Morgan fingerprint density at radius 2 is 1.63 bits per heavy atom. The van der Waals surface area contributed by atoms with Crippen LogP contribution in [0, 0.1) is 20.8 Å². The van der Waals surface area contributed by atoms with E-state index >= 15 is 0 Å². The number of hydrogen-bond donors (Lipinski definition) is 0. The van der Waals surface area contributed by atoms with Gasteiger partial charge in [0.25, 0.3) is 0 Å². The fourth-order valence-corrected chi connectivity index (χ4v) is 3.12. The Hall–Kier alpha value is -1.57. The molecule has 2 rings (SSSR count). The van der Waals surface area contributed by atoms with E-state index in [1.165, 1.54) is 27.9 Å². The topological polar surface area (TPSA) is 17.8 Å². The van der Waals surface area contributed by atoms with Gasteiger partial charge in [0.1, 0.15) is 0 Å². The van der Waals surface area contributed by atoms with E-state index in [9.17, 15) is 0 Å². The van der Waals surface area contributed by atoms with Gasteiger partial charge in [-0.2, -0.15) is 5.10 Å². The third kappa shape index (κ3) is 2.89. The first-order valence-electron chi connectivity index (χ1n) is 6.98. The fourth-order valence-electron chi connectivity index (χ4n) is 3.12. The van der Waals surface area contributed by atoms with Crippen LogP contribution in [0.4, 0.5) is 0 Å². The lowest BCUT2D eigenvalue weighted by Crippen LogP contribution is -2.02. The minimum atomic E-state index is 0.591. The minimum Gasteiger partial charge on any atom is -0.272 e. The highest BCUT2D eigenvalue weighted by Crippen LogP contribution is 2.25. The van der Waals surface area contributed by atoms with E-state index in [1.54, 1.807) is 0 Å². The molecule has 1 aromatic carbocycles. The normalized spacial score (nSPS) is 11.3. The SMILES string of the molecule is Cc1cc(Cc2cc(C)c(C(C)C)c(C)c2)n(C)n1. The van der Waals surface area contributed by atoms with Crippen molar-refractivity contribution in [1.29, 1.82) is 0 Å². The van der Waals surface area contributed by atoms with E-state index in [1.807, 2.05) is 18.7 Å². The van der Waals surface area contributed by atoms with Crippen molar-refractivity contribution in [2.45, 2.75) is 47.0 Å². The van der Waals surface area contributed by atoms with Gasteiger partial charge in [-0.3, -0.25) is 4.68 Å². The third-order valence-corrected chi connectivity index (χ3v) is 3.71. The van der Waals surface area contributed by atoms with Crippen LogP contribution in [0.3, 0.4) is 0 Å². The lowest BCUT2D eigenvalue weighted by molar-refractivity contribution is 0.716. The molecule has 0 amide bonds. The molecule has 2 nitrogen and oxygen atoms in total. The maximum absolute atomic E-state index is 4.41. The summed E-state index contributed by atoms with van der Waals surface area (Å²) in [6, 6.07) is 6.82. The summed E-state index contributed by atoms with van der Waals surface area (Å²) in [4.78, 5) is 0. The number of nitrogens with zero attached hydrogens (tertiary/aromatic N) is 2. The summed E-state index contributed by atoms with van der Waals surface area (Å²) in [6.45, 7) is 11.0. The molecule has 0 aliphatic rings. The van der Waals surface area contributed by atoms with Gasteiger partial charge in [0.2, 0.25) is 0 Å². The number of aryl methyl sites for hydroxylation is 4. The van der Waals surface area contributed by atoms with Crippen LogP contribution in [0.1, 0.15) is 53.4 Å². The summed E-state index contributed by atoms with van der Waals surface area (Å²) in [5.41, 5.74) is 8.04. The second-order valence-electron chi connectivity index (χ2n) is 5.88. The third-order valence-electron chi connectivity index (χ3n) is 3.71. The minimum absolute atomic E-state index is 0.591. The van der Waals surface area contributed by atoms with Gasteiger partial charge in [0.15, 0.2) is 0 Å². The van der Waals surface area contributed by atoms with Crippen molar-refractivity contribution in [2.75, 3.05) is 0 Å². The first-order chi connectivity index (χ1) is 8.88. The first-order valence-corrected chi connectivity index (χ1v) is 6.98. The highest BCUT2D eigenvalue weighted by atomic mass is 15.3. The van der Waals surface area contributed by atoms with Crippen LogP contribution in [0.2, 0.25) is 0 Å². The quantitative estimate of drug-likeness (QED) is 0.809. The molecule has 2 aromatic rings. The van der Waals surface area contributed by atoms with Crippen molar-refractivity contribution in [3.05, 3.63) is 51.8 Å². The summed E-state index contributed by atoms with van der Waals surface area (Å²) < 4.78 is 1.98. The molecule has 0 saturated carbocycles. The zero-order valence-corrected chi connectivity index (χ0v) is 12.9. The molecule has 1 aromatic heterocycles. The smallest absolute Gasteiger partial charge is 0.0596 e. The molecule has 0 aliphatic heterocycles. The molecule has 1 heterocycles. The first kappa shape index (κ1) is 13.9. The highest BCUT2D eigenvalue weighted by molar-refractivity contribution is 5.41. The predicted molar refractivity (Wildman–Crippen MR) is 80.8 cm³/mol. The van der Waals surface area contributed by atoms with Crippen LogP contribution in [0.25, 0.3) is 0 Å². The predicted octanol–water partition coefficient (Wildman–Crippen LogP) is 4.06. The zero-order chi connectivity index (χ0) is 14.2. The number of hydrogen-bond acceptors (Lipinski definition) is 1. The molecule has 19 heavy (non-hydrogen) atoms. The van der Waals surface area contributed by atoms with E-state index in [0.29, 0.717) is 5.92 Å². The van der Waals surface area contributed by atoms with Crippen molar-refractivity contribution >= 4 is 0 Å². The summed E-state index contributed by atoms with van der Waals surface area (Å²) in [5.74, 6) is 0.591. The van der Waals surface area contributed by atoms with E-state index in [4.69, 9.17) is 0 Å². The van der Waals surface area contributed by atoms with Crippen LogP contribution in [0.15, 0.2) is 18.2 Å². The van der Waals surface area contributed by atoms with E-state index in [0.717, 1.165) is 12.1 Å². The van der Waals surface area contributed by atoms with Gasteiger partial charge >= 0.3 is 0 Å². The second-order valence-corrected chi connectivity index (χ2v) is 5.88. The standard InChI is InChI=1S/C17H24N2/c1-11(2)17-12(3)7-15(8-13(17)4)10-16-9-14(5)18-19(16)6/h7-9,11H,10H2,1-6H3. The lowest BCUT2D eigenvalue weighted by atomic mass is 9.90. The molecule has 0 atom stereocenters. The summed E-state index contributed by atoms with van der Waals surface area (Å²) in [7, 11) is 2.02. The van der Waals surface area contributed by atoms with E-state index in [-0.39, 0.29) is 0 Å². The van der Waals surface area contributed by atoms with E-state index < -0.39 is 0 Å². The van der Waals surface area contributed by atoms with Gasteiger partial charge in [-0.05, 0) is 55.0 Å². The van der Waals surface area contributed by atoms with Crippen molar-refractivity contribution in [1.82, 2.24) is 9.78 Å². The van der Waals surface area contributed by atoms with Crippen LogP contribution in [-0.2, 0) is 13.5 Å². The molecule has 0 saturated heterocycles. The van der Waals surface area contributed by atoms with Crippen molar-refractivity contribution in [3.8, 4) is 0 Å². The van der Waals surface area contributed by atoms with Crippen molar-refractivity contribution < 1.29 is 0 Å². The summed E-state index contributed by atoms with van der Waals surface area (Å²) in [5, 5.41) is 4.41. The Bertz CT molecular complexity index is 568. The molecular weight excluding hydrogens is 232 g/mol. The number of benzene rings is 1. The average molecular weight is 256 g/mol. The zero-order valence-electron chi connectivity index (χ0n) is 12.9. The molecule has 102 valence electrons. The molecule has 0 radical (unpaired) electrons. The van der Waals surface area contributed by atoms with E-state index in [2.05, 4.69) is 51.0 Å². The molecular formula is C17H24N2. The van der Waals surface area contributed by atoms with Crippen LogP contribution >= 0.6 is 0 Å². The van der Waals surface area contributed by atoms with Gasteiger partial charge in [0.05, 0.1) is 5.69 Å². The maximum Gasteiger partial charge on any atom is 0.0596 e. The second kappa shape index (κ2) is 5.20. The lowest BCUT2D eigenvalue weighted by Gasteiger charge is -2.15. The molecule has 0 bridgehead atoms. The number of rotatable bonds is 3. The molecule has 0 aliphatic carbocycles. The highest BCUT2D eigenvalue weighted by Gasteiger charge is 2.10. The van der Waals surface area contributed by atoms with Crippen LogP contribution in [-0.4, -0.2) is 9.78 Å². The Morgan fingerprint density at radius 1 is 1.05 bits per heavy atom.